The number of H-pyrrole nitrogens is 1. The first-order chi connectivity index (χ1) is 10.2. The summed E-state index contributed by atoms with van der Waals surface area (Å²) in [7, 11) is 0. The number of rotatable bonds is 2. The third kappa shape index (κ3) is 2.02. The fourth-order valence-corrected chi connectivity index (χ4v) is 4.43. The summed E-state index contributed by atoms with van der Waals surface area (Å²) in [5, 5.41) is 1.13. The average molecular weight is 296 g/mol. The number of fused-ring (bicyclic) bond motifs is 3. The van der Waals surface area contributed by atoms with Crippen LogP contribution in [0.15, 0.2) is 30.6 Å². The van der Waals surface area contributed by atoms with Gasteiger partial charge < -0.3 is 4.98 Å². The van der Waals surface area contributed by atoms with Crippen molar-refractivity contribution < 1.29 is 4.79 Å². The molecule has 1 N–H and O–H groups in total. The van der Waals surface area contributed by atoms with Crippen molar-refractivity contribution >= 4 is 27.2 Å². The number of Topliss-reactive ketones (excluding diaryl/α,β-unsaturated/α-hetero) is 1. The topological polar surface area (TPSA) is 45.8 Å². The van der Waals surface area contributed by atoms with Crippen LogP contribution in [0.2, 0.25) is 0 Å². The monoisotopic (exact) mass is 296 g/mol. The number of hydrogen-bond acceptors (Lipinski definition) is 3. The smallest absolute Gasteiger partial charge is 0.168 e. The van der Waals surface area contributed by atoms with Crippen LogP contribution in [0.5, 0.6) is 0 Å². The molecule has 3 nitrogen and oxygen atoms in total. The van der Waals surface area contributed by atoms with Crippen molar-refractivity contribution in [1.82, 2.24) is 9.97 Å². The largest absolute Gasteiger partial charge is 0.348 e. The van der Waals surface area contributed by atoms with Crippen LogP contribution in [0.4, 0.5) is 0 Å². The maximum atomic E-state index is 12.9. The highest BCUT2D eigenvalue weighted by Crippen LogP contribution is 2.38. The van der Waals surface area contributed by atoms with Crippen molar-refractivity contribution in [2.24, 2.45) is 5.92 Å². The second-order valence-corrected chi connectivity index (χ2v) is 6.81. The van der Waals surface area contributed by atoms with E-state index >= 15 is 0 Å². The Bertz CT molecular complexity index is 830. The van der Waals surface area contributed by atoms with Gasteiger partial charge in [0.2, 0.25) is 0 Å². The Balaban J connectivity index is 1.73. The molecule has 0 aliphatic heterocycles. The number of aromatic nitrogens is 2. The third-order valence-electron chi connectivity index (χ3n) is 4.38. The molecule has 4 heteroatoms. The summed E-state index contributed by atoms with van der Waals surface area (Å²) < 4.78 is 1.23. The van der Waals surface area contributed by atoms with E-state index < -0.39 is 0 Å². The molecule has 2 heterocycles. The van der Waals surface area contributed by atoms with Gasteiger partial charge in [-0.1, -0.05) is 18.2 Å². The van der Waals surface area contributed by atoms with Crippen molar-refractivity contribution in [3.63, 3.8) is 0 Å². The fourth-order valence-electron chi connectivity index (χ4n) is 3.20. The minimum atomic E-state index is 0.0671. The van der Waals surface area contributed by atoms with E-state index in [-0.39, 0.29) is 5.92 Å². The number of carbonyl (C=O) groups excluding carboxylic acids is 1. The van der Waals surface area contributed by atoms with E-state index in [0.29, 0.717) is 5.78 Å². The number of nitrogens with zero attached hydrogens (tertiary/aromatic N) is 1. The first kappa shape index (κ1) is 12.8. The summed E-state index contributed by atoms with van der Waals surface area (Å²) in [5.41, 5.74) is 3.07. The van der Waals surface area contributed by atoms with Gasteiger partial charge in [0, 0.05) is 38.6 Å². The average Bonchev–Trinajstić information content (AvgIpc) is 3.06. The maximum absolute atomic E-state index is 12.9. The lowest BCUT2D eigenvalue weighted by molar-refractivity contribution is 0.0904. The Labute approximate surface area is 127 Å². The lowest BCUT2D eigenvalue weighted by Gasteiger charge is -2.20. The molecule has 2 aromatic heterocycles. The molecule has 0 radical (unpaired) electrons. The van der Waals surface area contributed by atoms with Crippen LogP contribution in [-0.4, -0.2) is 15.8 Å². The standard InChI is InChI=1S/C17H16N2OS/c1-10-13(19-9-18-10)8-11-6-7-15-16(17(11)20)12-4-2-3-5-14(12)21-15/h2-5,9,11H,6-8H2,1H3,(H,18,19). The van der Waals surface area contributed by atoms with Crippen LogP contribution in [0, 0.1) is 12.8 Å². The fraction of sp³-hybridized carbons (Fsp3) is 0.294. The molecule has 21 heavy (non-hydrogen) atoms. The normalized spacial score (nSPS) is 18.1. The van der Waals surface area contributed by atoms with Gasteiger partial charge in [-0.2, -0.15) is 0 Å². The first-order valence-electron chi connectivity index (χ1n) is 7.27. The molecular formula is C17H16N2OS. The van der Waals surface area contributed by atoms with Gasteiger partial charge in [-0.25, -0.2) is 4.98 Å². The molecule has 0 saturated heterocycles. The zero-order valence-electron chi connectivity index (χ0n) is 11.8. The van der Waals surface area contributed by atoms with Crippen LogP contribution in [-0.2, 0) is 12.8 Å². The van der Waals surface area contributed by atoms with Crippen molar-refractivity contribution in [2.45, 2.75) is 26.2 Å². The Morgan fingerprint density at radius 1 is 1.38 bits per heavy atom. The molecule has 106 valence electrons. The molecule has 1 aliphatic rings. The predicted octanol–water partition coefficient (Wildman–Crippen LogP) is 3.92. The minimum Gasteiger partial charge on any atom is -0.348 e. The molecule has 1 unspecified atom stereocenters. The highest BCUT2D eigenvalue weighted by atomic mass is 32.1. The van der Waals surface area contributed by atoms with Gasteiger partial charge in [0.1, 0.15) is 0 Å². The number of benzene rings is 1. The number of aryl methyl sites for hydroxylation is 2. The first-order valence-corrected chi connectivity index (χ1v) is 8.09. The summed E-state index contributed by atoms with van der Waals surface area (Å²) in [6.07, 6.45) is 4.40. The highest BCUT2D eigenvalue weighted by molar-refractivity contribution is 7.19. The zero-order chi connectivity index (χ0) is 14.4. The van der Waals surface area contributed by atoms with Crippen molar-refractivity contribution in [3.8, 4) is 0 Å². The second kappa shape index (κ2) is 4.81. The van der Waals surface area contributed by atoms with Gasteiger partial charge in [0.05, 0.1) is 12.0 Å². The van der Waals surface area contributed by atoms with Crippen LogP contribution in [0.3, 0.4) is 0 Å². The van der Waals surface area contributed by atoms with E-state index in [9.17, 15) is 4.79 Å². The molecule has 4 rings (SSSR count). The van der Waals surface area contributed by atoms with Crippen LogP contribution in [0.1, 0.15) is 33.0 Å². The van der Waals surface area contributed by atoms with Crippen molar-refractivity contribution in [1.29, 1.82) is 0 Å². The molecule has 3 aromatic rings. The van der Waals surface area contributed by atoms with Crippen LogP contribution < -0.4 is 0 Å². The maximum Gasteiger partial charge on any atom is 0.168 e. The number of thiophene rings is 1. The highest BCUT2D eigenvalue weighted by Gasteiger charge is 2.31. The SMILES string of the molecule is Cc1[nH]cnc1CC1CCc2sc3ccccc3c2C1=O. The number of carbonyl (C=O) groups is 1. The number of aromatic amines is 1. The summed E-state index contributed by atoms with van der Waals surface area (Å²) >= 11 is 1.77. The zero-order valence-corrected chi connectivity index (χ0v) is 12.7. The number of ketones is 1. The van der Waals surface area contributed by atoms with E-state index in [4.69, 9.17) is 0 Å². The van der Waals surface area contributed by atoms with E-state index in [0.717, 1.165) is 41.6 Å². The minimum absolute atomic E-state index is 0.0671. The van der Waals surface area contributed by atoms with Crippen molar-refractivity contribution in [2.75, 3.05) is 0 Å². The van der Waals surface area contributed by atoms with E-state index in [1.807, 2.05) is 19.1 Å². The molecule has 1 aliphatic carbocycles. The summed E-state index contributed by atoms with van der Waals surface area (Å²) in [4.78, 5) is 21.6. The molecule has 1 atom stereocenters. The Morgan fingerprint density at radius 2 is 2.24 bits per heavy atom. The predicted molar refractivity (Wildman–Crippen MR) is 85.0 cm³/mol. The Morgan fingerprint density at radius 3 is 3.05 bits per heavy atom. The van der Waals surface area contributed by atoms with Gasteiger partial charge >= 0.3 is 0 Å². The van der Waals surface area contributed by atoms with Gasteiger partial charge in [-0.15, -0.1) is 11.3 Å². The molecule has 0 amide bonds. The summed E-state index contributed by atoms with van der Waals surface area (Å²) in [6.45, 7) is 2.01. The second-order valence-electron chi connectivity index (χ2n) is 5.67. The number of nitrogens with one attached hydrogen (secondary N) is 1. The lowest BCUT2D eigenvalue weighted by atomic mass is 9.83. The van der Waals surface area contributed by atoms with Gasteiger partial charge in [-0.05, 0) is 25.8 Å². The van der Waals surface area contributed by atoms with E-state index in [1.165, 1.54) is 9.58 Å². The van der Waals surface area contributed by atoms with Gasteiger partial charge in [-0.3, -0.25) is 4.79 Å². The molecule has 0 bridgehead atoms. The molecule has 0 fully saturated rings. The quantitative estimate of drug-likeness (QED) is 0.779. The van der Waals surface area contributed by atoms with E-state index in [1.54, 1.807) is 17.7 Å². The molecule has 1 aromatic carbocycles. The van der Waals surface area contributed by atoms with Gasteiger partial charge in [0.15, 0.2) is 5.78 Å². The van der Waals surface area contributed by atoms with E-state index in [2.05, 4.69) is 22.1 Å². The molecule has 0 saturated carbocycles. The van der Waals surface area contributed by atoms with Crippen LogP contribution in [0.25, 0.3) is 10.1 Å². The Hall–Kier alpha value is -1.94. The molecular weight excluding hydrogens is 280 g/mol. The summed E-state index contributed by atoms with van der Waals surface area (Å²) in [6, 6.07) is 8.24. The Kier molecular flexibility index (Phi) is 2.93. The van der Waals surface area contributed by atoms with Crippen LogP contribution >= 0.6 is 11.3 Å². The lowest BCUT2D eigenvalue weighted by Crippen LogP contribution is -2.23. The third-order valence-corrected chi connectivity index (χ3v) is 5.61. The van der Waals surface area contributed by atoms with Crippen molar-refractivity contribution in [3.05, 3.63) is 52.4 Å². The summed E-state index contributed by atoms with van der Waals surface area (Å²) in [5.74, 6) is 0.369. The number of hydrogen-bond donors (Lipinski definition) is 1. The number of imidazole rings is 1. The molecule has 0 spiro atoms. The van der Waals surface area contributed by atoms with Gasteiger partial charge in [0.25, 0.3) is 0 Å².